The van der Waals surface area contributed by atoms with Crippen LogP contribution in [0.5, 0.6) is 0 Å². The maximum absolute atomic E-state index is 11.1. The average molecular weight is 203 g/mol. The molecule has 1 aliphatic heterocycles. The quantitative estimate of drug-likeness (QED) is 0.645. The molecule has 0 saturated heterocycles. The molecular weight excluding hydrogens is 190 g/mol. The van der Waals surface area contributed by atoms with Gasteiger partial charge in [-0.1, -0.05) is 24.3 Å². The number of aryl methyl sites for hydroxylation is 1. The lowest BCUT2D eigenvalue weighted by Gasteiger charge is -1.92. The van der Waals surface area contributed by atoms with E-state index < -0.39 is 0 Å². The fourth-order valence-corrected chi connectivity index (χ4v) is 1.66. The third kappa shape index (κ3) is 2.43. The van der Waals surface area contributed by atoms with Crippen LogP contribution < -0.4 is 0 Å². The molecule has 0 unspecified atom stereocenters. The van der Waals surface area contributed by atoms with Gasteiger partial charge in [-0.25, -0.2) is 0 Å². The summed E-state index contributed by atoms with van der Waals surface area (Å²) >= 11 is 0. The number of Topliss-reactive ketones (excluding diaryl/α,β-unsaturated/α-hetero) is 1. The molecule has 3 nitrogen and oxygen atoms in total. The van der Waals surface area contributed by atoms with Gasteiger partial charge in [-0.3, -0.25) is 9.79 Å². The first kappa shape index (κ1) is 9.90. The summed E-state index contributed by atoms with van der Waals surface area (Å²) in [7, 11) is 0. The van der Waals surface area contributed by atoms with E-state index in [0.29, 0.717) is 12.2 Å². The predicted octanol–water partition coefficient (Wildman–Crippen LogP) is 1.86. The van der Waals surface area contributed by atoms with E-state index in [0.717, 1.165) is 25.1 Å². The van der Waals surface area contributed by atoms with Crippen LogP contribution >= 0.6 is 0 Å². The lowest BCUT2D eigenvalue weighted by Crippen LogP contribution is -1.88. The molecule has 0 spiro atoms. The molecule has 0 atom stereocenters. The first-order chi connectivity index (χ1) is 7.38. The molecule has 78 valence electrons. The second kappa shape index (κ2) is 4.73. The van der Waals surface area contributed by atoms with Crippen LogP contribution in [0.2, 0.25) is 0 Å². The van der Waals surface area contributed by atoms with E-state index in [9.17, 15) is 4.79 Å². The van der Waals surface area contributed by atoms with E-state index in [1.54, 1.807) is 0 Å². The number of nitrogens with zero attached hydrogens (tertiary/aromatic N) is 1. The Labute approximate surface area is 88.8 Å². The minimum atomic E-state index is 0.301. The third-order valence-corrected chi connectivity index (χ3v) is 2.43. The van der Waals surface area contributed by atoms with Crippen LogP contribution in [0, 0.1) is 0 Å². The summed E-state index contributed by atoms with van der Waals surface area (Å²) in [6, 6.07) is 7.84. The molecule has 2 aliphatic rings. The molecule has 3 rings (SSSR count). The summed E-state index contributed by atoms with van der Waals surface area (Å²) in [6.07, 6.45) is 3.13. The number of aliphatic imine (C=N–C) groups is 1. The summed E-state index contributed by atoms with van der Waals surface area (Å²) in [5.74, 6) is 0.301. The summed E-state index contributed by atoms with van der Waals surface area (Å²) in [6.45, 7) is 1.62. The normalized spacial score (nSPS) is 16.7. The number of carbonyl (C=O) groups excluding carboxylic acids is 1. The van der Waals surface area contributed by atoms with Crippen molar-refractivity contribution in [3.8, 4) is 0 Å². The fraction of sp³-hybridized carbons (Fsp3) is 0.333. The van der Waals surface area contributed by atoms with Crippen molar-refractivity contribution in [3.05, 3.63) is 35.4 Å². The zero-order chi connectivity index (χ0) is 10.5. The molecule has 1 aromatic rings. The van der Waals surface area contributed by atoms with Gasteiger partial charge in [0.2, 0.25) is 0 Å². The van der Waals surface area contributed by atoms with Crippen LogP contribution in [0.3, 0.4) is 0 Å². The second-order valence-electron chi connectivity index (χ2n) is 3.46. The molecule has 15 heavy (non-hydrogen) atoms. The number of ether oxygens (including phenoxy) is 1. The molecule has 0 aromatic heterocycles. The van der Waals surface area contributed by atoms with E-state index in [1.807, 2.05) is 24.3 Å². The first-order valence-corrected chi connectivity index (χ1v) is 5.09. The number of benzene rings is 1. The molecule has 0 amide bonds. The van der Waals surface area contributed by atoms with Crippen molar-refractivity contribution in [1.29, 1.82) is 0 Å². The van der Waals surface area contributed by atoms with Crippen molar-refractivity contribution >= 4 is 12.2 Å². The van der Waals surface area contributed by atoms with Crippen molar-refractivity contribution in [2.24, 2.45) is 4.99 Å². The van der Waals surface area contributed by atoms with Crippen LogP contribution in [-0.4, -0.2) is 25.3 Å². The van der Waals surface area contributed by atoms with Crippen LogP contribution in [0.1, 0.15) is 22.3 Å². The molecule has 1 aromatic carbocycles. The zero-order valence-electron chi connectivity index (χ0n) is 8.48. The maximum Gasteiger partial charge on any atom is 0.169 e. The van der Waals surface area contributed by atoms with Crippen LogP contribution in [0.15, 0.2) is 29.3 Å². The zero-order valence-corrected chi connectivity index (χ0v) is 8.48. The van der Waals surface area contributed by atoms with Gasteiger partial charge in [0.05, 0.1) is 6.54 Å². The van der Waals surface area contributed by atoms with Gasteiger partial charge in [0, 0.05) is 12.0 Å². The van der Waals surface area contributed by atoms with Crippen molar-refractivity contribution in [2.75, 3.05) is 13.2 Å². The molecule has 0 bridgehead atoms. The Kier molecular flexibility index (Phi) is 3.12. The Morgan fingerprint density at radius 2 is 2.07 bits per heavy atom. The number of ketones is 1. The van der Waals surface area contributed by atoms with E-state index in [1.165, 1.54) is 12.0 Å². The van der Waals surface area contributed by atoms with Gasteiger partial charge in [-0.2, -0.15) is 0 Å². The molecule has 1 heterocycles. The Hall–Kier alpha value is -1.64. The molecule has 0 fully saturated rings. The Balaban J connectivity index is 0.000000144. The van der Waals surface area contributed by atoms with E-state index >= 15 is 0 Å². The van der Waals surface area contributed by atoms with Crippen molar-refractivity contribution < 1.29 is 9.53 Å². The molecule has 3 heteroatoms. The summed E-state index contributed by atoms with van der Waals surface area (Å²) in [5.41, 5.74) is 2.15. The maximum atomic E-state index is 11.1. The third-order valence-electron chi connectivity index (χ3n) is 2.43. The molecular formula is C12H13NO2. The highest BCUT2D eigenvalue weighted by molar-refractivity contribution is 6.00. The number of hydrogen-bond donors (Lipinski definition) is 0. The fourth-order valence-electron chi connectivity index (χ4n) is 1.66. The lowest BCUT2D eigenvalue weighted by atomic mass is 10.1. The van der Waals surface area contributed by atoms with Gasteiger partial charge in [-0.15, -0.1) is 0 Å². The van der Waals surface area contributed by atoms with Gasteiger partial charge in [-0.05, 0) is 12.0 Å². The van der Waals surface area contributed by atoms with Crippen LogP contribution in [-0.2, 0) is 11.2 Å². The van der Waals surface area contributed by atoms with Crippen LogP contribution in [0.4, 0.5) is 0 Å². The monoisotopic (exact) mass is 203 g/mol. The lowest BCUT2D eigenvalue weighted by molar-refractivity contribution is 0.0994. The average Bonchev–Trinajstić information content (AvgIpc) is 2.92. The Morgan fingerprint density at radius 1 is 1.20 bits per heavy atom. The van der Waals surface area contributed by atoms with Crippen molar-refractivity contribution in [1.82, 2.24) is 0 Å². The summed E-state index contributed by atoms with van der Waals surface area (Å²) in [4.78, 5) is 14.8. The molecule has 0 saturated carbocycles. The van der Waals surface area contributed by atoms with Gasteiger partial charge < -0.3 is 4.74 Å². The number of fused-ring (bicyclic) bond motifs is 1. The highest BCUT2D eigenvalue weighted by Crippen LogP contribution is 2.20. The second-order valence-corrected chi connectivity index (χ2v) is 3.46. The topological polar surface area (TPSA) is 38.7 Å². The highest BCUT2D eigenvalue weighted by Gasteiger charge is 2.17. The van der Waals surface area contributed by atoms with Crippen molar-refractivity contribution in [2.45, 2.75) is 12.8 Å². The van der Waals surface area contributed by atoms with Gasteiger partial charge >= 0.3 is 0 Å². The van der Waals surface area contributed by atoms with Gasteiger partial charge in [0.15, 0.2) is 12.2 Å². The molecule has 1 aliphatic carbocycles. The minimum Gasteiger partial charge on any atom is -0.482 e. The minimum absolute atomic E-state index is 0.301. The highest BCUT2D eigenvalue weighted by atomic mass is 16.5. The number of hydrogen-bond acceptors (Lipinski definition) is 3. The molecule has 0 N–H and O–H groups in total. The van der Waals surface area contributed by atoms with E-state index in [-0.39, 0.29) is 0 Å². The SMILES string of the molecule is C1=NCCO1.O=C1CCc2ccccc21. The molecule has 0 radical (unpaired) electrons. The summed E-state index contributed by atoms with van der Waals surface area (Å²) in [5, 5.41) is 0. The largest absolute Gasteiger partial charge is 0.482 e. The van der Waals surface area contributed by atoms with E-state index in [2.05, 4.69) is 9.73 Å². The Morgan fingerprint density at radius 3 is 2.67 bits per heavy atom. The number of rotatable bonds is 0. The Bertz CT molecular complexity index is 379. The smallest absolute Gasteiger partial charge is 0.169 e. The predicted molar refractivity (Wildman–Crippen MR) is 58.4 cm³/mol. The van der Waals surface area contributed by atoms with Gasteiger partial charge in [0.1, 0.15) is 6.61 Å². The summed E-state index contributed by atoms with van der Waals surface area (Å²) < 4.78 is 4.65. The van der Waals surface area contributed by atoms with E-state index in [4.69, 9.17) is 0 Å². The first-order valence-electron chi connectivity index (χ1n) is 5.09. The number of carbonyl (C=O) groups is 1. The van der Waals surface area contributed by atoms with Crippen molar-refractivity contribution in [3.63, 3.8) is 0 Å². The van der Waals surface area contributed by atoms with Gasteiger partial charge in [0.25, 0.3) is 0 Å². The van der Waals surface area contributed by atoms with Crippen LogP contribution in [0.25, 0.3) is 0 Å². The standard InChI is InChI=1S/C9H8O.C3H5NO/c10-9-6-5-7-3-1-2-4-8(7)9;1-2-5-3-4-1/h1-4H,5-6H2;3H,1-2H2.